The molecule has 1 nitrogen and oxygen atoms in total. The monoisotopic (exact) mass is 235 g/mol. The van der Waals surface area contributed by atoms with Crippen LogP contribution in [-0.2, 0) is 0 Å². The summed E-state index contributed by atoms with van der Waals surface area (Å²) in [6.45, 7) is 4.16. The molecular formula is C17H17N. The highest BCUT2D eigenvalue weighted by Crippen LogP contribution is 2.11. The Morgan fingerprint density at radius 3 is 1.94 bits per heavy atom. The first kappa shape index (κ1) is 12.3. The van der Waals surface area contributed by atoms with Gasteiger partial charge in [0.25, 0.3) is 0 Å². The molecule has 0 saturated carbocycles. The van der Waals surface area contributed by atoms with Crippen LogP contribution in [0.15, 0.2) is 59.6 Å². The summed E-state index contributed by atoms with van der Waals surface area (Å²) in [5.74, 6) is 0. The van der Waals surface area contributed by atoms with Crippen LogP contribution in [0.4, 0.5) is 5.69 Å². The quantitative estimate of drug-likeness (QED) is 0.683. The Kier molecular flexibility index (Phi) is 4.08. The van der Waals surface area contributed by atoms with Crippen LogP contribution in [0.5, 0.6) is 0 Å². The number of hydrogen-bond donors (Lipinski definition) is 0. The second kappa shape index (κ2) is 5.97. The zero-order chi connectivity index (χ0) is 12.8. The molecule has 2 aromatic carbocycles. The molecule has 2 aromatic rings. The van der Waals surface area contributed by atoms with Gasteiger partial charge in [-0.3, -0.25) is 4.99 Å². The van der Waals surface area contributed by atoms with E-state index in [0.29, 0.717) is 0 Å². The number of rotatable bonds is 3. The molecule has 0 aliphatic heterocycles. The molecule has 0 fully saturated rings. The van der Waals surface area contributed by atoms with Crippen LogP contribution in [-0.4, -0.2) is 6.21 Å². The van der Waals surface area contributed by atoms with Crippen molar-refractivity contribution in [2.75, 3.05) is 0 Å². The van der Waals surface area contributed by atoms with E-state index in [-0.39, 0.29) is 0 Å². The molecule has 1 heteroatoms. The van der Waals surface area contributed by atoms with Crippen molar-refractivity contribution in [2.24, 2.45) is 4.99 Å². The van der Waals surface area contributed by atoms with Gasteiger partial charge < -0.3 is 0 Å². The van der Waals surface area contributed by atoms with Crippen LogP contribution < -0.4 is 0 Å². The average Bonchev–Trinajstić information content (AvgIpc) is 2.39. The molecule has 0 N–H and O–H groups in total. The van der Waals surface area contributed by atoms with Gasteiger partial charge in [-0.25, -0.2) is 0 Å². The lowest BCUT2D eigenvalue weighted by atomic mass is 10.1. The van der Waals surface area contributed by atoms with Gasteiger partial charge in [0.05, 0.1) is 5.69 Å². The predicted molar refractivity (Wildman–Crippen MR) is 79.5 cm³/mol. The van der Waals surface area contributed by atoms with E-state index in [0.717, 1.165) is 5.69 Å². The van der Waals surface area contributed by atoms with Crippen molar-refractivity contribution in [3.05, 3.63) is 71.3 Å². The largest absolute Gasteiger partial charge is 0.257 e. The number of hydrogen-bond acceptors (Lipinski definition) is 1. The molecule has 0 saturated heterocycles. The summed E-state index contributed by atoms with van der Waals surface area (Å²) in [6.07, 6.45) is 5.84. The SMILES string of the molecule is Cc1ccc(/C=C/C=Nc2ccc(C)cc2)cc1. The zero-order valence-electron chi connectivity index (χ0n) is 10.8. The molecule has 2 rings (SSSR count). The van der Waals surface area contributed by atoms with Crippen molar-refractivity contribution in [3.8, 4) is 0 Å². The van der Waals surface area contributed by atoms with Crippen LogP contribution in [0.25, 0.3) is 6.08 Å². The number of allylic oxidation sites excluding steroid dienone is 1. The standard InChI is InChI=1S/C17H17N/c1-14-5-9-16(10-6-14)4-3-13-18-17-11-7-15(2)8-12-17/h3-13H,1-2H3/b4-3+,18-13?. The van der Waals surface area contributed by atoms with E-state index < -0.39 is 0 Å². The maximum atomic E-state index is 4.37. The van der Waals surface area contributed by atoms with Gasteiger partial charge in [0.15, 0.2) is 0 Å². The molecule has 0 unspecified atom stereocenters. The van der Waals surface area contributed by atoms with E-state index in [1.807, 2.05) is 24.4 Å². The Labute approximate surface area is 109 Å². The summed E-state index contributed by atoms with van der Waals surface area (Å²) in [4.78, 5) is 4.37. The Morgan fingerprint density at radius 2 is 1.33 bits per heavy atom. The van der Waals surface area contributed by atoms with Crippen molar-refractivity contribution in [1.29, 1.82) is 0 Å². The molecule has 90 valence electrons. The summed E-state index contributed by atoms with van der Waals surface area (Å²) >= 11 is 0. The molecule has 0 aliphatic rings. The number of nitrogens with zero attached hydrogens (tertiary/aromatic N) is 1. The average molecular weight is 235 g/mol. The molecule has 0 aromatic heterocycles. The minimum absolute atomic E-state index is 0.981. The zero-order valence-corrected chi connectivity index (χ0v) is 10.8. The Balaban J connectivity index is 1.98. The summed E-state index contributed by atoms with van der Waals surface area (Å²) < 4.78 is 0. The molecule has 0 bridgehead atoms. The Morgan fingerprint density at radius 1 is 0.778 bits per heavy atom. The lowest BCUT2D eigenvalue weighted by Gasteiger charge is -1.94. The highest BCUT2D eigenvalue weighted by Gasteiger charge is 1.86. The topological polar surface area (TPSA) is 12.4 Å². The van der Waals surface area contributed by atoms with E-state index in [2.05, 4.69) is 61.3 Å². The molecule has 0 spiro atoms. The maximum Gasteiger partial charge on any atom is 0.0629 e. The van der Waals surface area contributed by atoms with Gasteiger partial charge in [0.1, 0.15) is 0 Å². The molecule has 0 aliphatic carbocycles. The summed E-state index contributed by atoms with van der Waals surface area (Å²) in [6, 6.07) is 16.6. The normalized spacial score (nSPS) is 11.4. The molecular weight excluding hydrogens is 218 g/mol. The van der Waals surface area contributed by atoms with Gasteiger partial charge in [-0.15, -0.1) is 0 Å². The summed E-state index contributed by atoms with van der Waals surface area (Å²) in [5.41, 5.74) is 4.70. The third kappa shape index (κ3) is 3.70. The number of benzene rings is 2. The van der Waals surface area contributed by atoms with Crippen LogP contribution in [0.1, 0.15) is 16.7 Å². The predicted octanol–water partition coefficient (Wildman–Crippen LogP) is 4.72. The Bertz CT molecular complexity index is 492. The lowest BCUT2D eigenvalue weighted by molar-refractivity contribution is 1.44. The fourth-order valence-corrected chi connectivity index (χ4v) is 1.59. The molecule has 0 atom stereocenters. The third-order valence-corrected chi connectivity index (χ3v) is 2.71. The van der Waals surface area contributed by atoms with E-state index in [9.17, 15) is 0 Å². The second-order valence-electron chi connectivity index (χ2n) is 4.38. The summed E-state index contributed by atoms with van der Waals surface area (Å²) in [5, 5.41) is 0. The van der Waals surface area contributed by atoms with E-state index in [1.54, 1.807) is 0 Å². The highest BCUT2D eigenvalue weighted by molar-refractivity contribution is 5.80. The van der Waals surface area contributed by atoms with Gasteiger partial charge in [0.2, 0.25) is 0 Å². The first-order valence-electron chi connectivity index (χ1n) is 6.08. The minimum atomic E-state index is 0.981. The van der Waals surface area contributed by atoms with Crippen molar-refractivity contribution in [3.63, 3.8) is 0 Å². The fraction of sp³-hybridized carbons (Fsp3) is 0.118. The van der Waals surface area contributed by atoms with E-state index in [4.69, 9.17) is 0 Å². The van der Waals surface area contributed by atoms with Gasteiger partial charge >= 0.3 is 0 Å². The molecule has 18 heavy (non-hydrogen) atoms. The van der Waals surface area contributed by atoms with E-state index >= 15 is 0 Å². The van der Waals surface area contributed by atoms with E-state index in [1.165, 1.54) is 16.7 Å². The highest BCUT2D eigenvalue weighted by atomic mass is 14.7. The fourth-order valence-electron chi connectivity index (χ4n) is 1.59. The second-order valence-corrected chi connectivity index (χ2v) is 4.38. The van der Waals surface area contributed by atoms with Crippen molar-refractivity contribution >= 4 is 18.0 Å². The third-order valence-electron chi connectivity index (χ3n) is 2.71. The van der Waals surface area contributed by atoms with Crippen molar-refractivity contribution in [1.82, 2.24) is 0 Å². The van der Waals surface area contributed by atoms with Gasteiger partial charge in [-0.1, -0.05) is 53.6 Å². The van der Waals surface area contributed by atoms with Crippen LogP contribution in [0.3, 0.4) is 0 Å². The molecule has 0 radical (unpaired) electrons. The molecule has 0 amide bonds. The first-order chi connectivity index (χ1) is 8.74. The van der Waals surface area contributed by atoms with Gasteiger partial charge in [-0.05, 0) is 37.6 Å². The Hall–Kier alpha value is -2.15. The van der Waals surface area contributed by atoms with Crippen LogP contribution in [0.2, 0.25) is 0 Å². The number of aryl methyl sites for hydroxylation is 2. The first-order valence-corrected chi connectivity index (χ1v) is 6.08. The summed E-state index contributed by atoms with van der Waals surface area (Å²) in [7, 11) is 0. The van der Waals surface area contributed by atoms with Crippen molar-refractivity contribution < 1.29 is 0 Å². The smallest absolute Gasteiger partial charge is 0.0629 e. The number of aliphatic imine (C=N–C) groups is 1. The van der Waals surface area contributed by atoms with Gasteiger partial charge in [-0.2, -0.15) is 0 Å². The molecule has 0 heterocycles. The van der Waals surface area contributed by atoms with Gasteiger partial charge in [0, 0.05) is 6.21 Å². The minimum Gasteiger partial charge on any atom is -0.257 e. The maximum absolute atomic E-state index is 4.37. The van der Waals surface area contributed by atoms with Crippen molar-refractivity contribution in [2.45, 2.75) is 13.8 Å². The lowest BCUT2D eigenvalue weighted by Crippen LogP contribution is -1.74. The van der Waals surface area contributed by atoms with Crippen LogP contribution in [0, 0.1) is 13.8 Å². The van der Waals surface area contributed by atoms with Crippen LogP contribution >= 0.6 is 0 Å².